The van der Waals surface area contributed by atoms with E-state index in [1.165, 1.54) is 19.3 Å². The molecule has 1 nitrogen and oxygen atoms in total. The predicted molar refractivity (Wildman–Crippen MR) is 65.5 cm³/mol. The van der Waals surface area contributed by atoms with Gasteiger partial charge in [0.1, 0.15) is 12.8 Å². The average Bonchev–Trinajstić information content (AvgIpc) is 2.78. The van der Waals surface area contributed by atoms with Crippen LogP contribution >= 0.6 is 0 Å². The molecule has 2 bridgehead atoms. The van der Waals surface area contributed by atoms with Crippen molar-refractivity contribution in [1.82, 2.24) is 0 Å². The number of rotatable bonds is 2. The van der Waals surface area contributed by atoms with Gasteiger partial charge in [-0.05, 0) is 24.2 Å². The minimum absolute atomic E-state index is 0.848. The van der Waals surface area contributed by atoms with Crippen molar-refractivity contribution in [1.29, 1.82) is 0 Å². The lowest BCUT2D eigenvalue weighted by Gasteiger charge is -2.29. The second kappa shape index (κ2) is 3.92. The third-order valence-corrected chi connectivity index (χ3v) is 5.47. The maximum absolute atomic E-state index is 2.58. The Balaban J connectivity index is 2.16. The van der Waals surface area contributed by atoms with Crippen molar-refractivity contribution in [3.05, 3.63) is 0 Å². The summed E-state index contributed by atoms with van der Waals surface area (Å²) in [7, 11) is 2.31. The van der Waals surface area contributed by atoms with E-state index in [4.69, 9.17) is 0 Å². The zero-order chi connectivity index (χ0) is 11.2. The molecule has 15 heavy (non-hydrogen) atoms. The zero-order valence-corrected chi connectivity index (χ0v) is 11.0. The SMILES string of the molecule is CCC(C)=[N+](C)[C@@H]1CC2CC1[C@H](C)[C@@H]2C. The lowest BCUT2D eigenvalue weighted by molar-refractivity contribution is -0.550. The third-order valence-electron chi connectivity index (χ3n) is 5.47. The van der Waals surface area contributed by atoms with E-state index in [1.54, 1.807) is 5.71 Å². The first-order valence-electron chi connectivity index (χ1n) is 6.61. The van der Waals surface area contributed by atoms with Gasteiger partial charge in [-0.2, -0.15) is 0 Å². The van der Waals surface area contributed by atoms with Crippen molar-refractivity contribution in [2.45, 2.75) is 53.0 Å². The summed E-state index contributed by atoms with van der Waals surface area (Å²) in [4.78, 5) is 0. The topological polar surface area (TPSA) is 3.01 Å². The maximum Gasteiger partial charge on any atom is 0.155 e. The van der Waals surface area contributed by atoms with Gasteiger partial charge in [-0.25, -0.2) is 4.58 Å². The first-order valence-corrected chi connectivity index (χ1v) is 6.61. The second-order valence-corrected chi connectivity index (χ2v) is 5.88. The van der Waals surface area contributed by atoms with E-state index in [2.05, 4.69) is 39.3 Å². The Labute approximate surface area is 94.6 Å². The molecule has 1 heteroatoms. The highest BCUT2D eigenvalue weighted by molar-refractivity contribution is 5.76. The average molecular weight is 208 g/mol. The van der Waals surface area contributed by atoms with Gasteiger partial charge >= 0.3 is 0 Å². The quantitative estimate of drug-likeness (QED) is 0.484. The summed E-state index contributed by atoms with van der Waals surface area (Å²) in [5, 5.41) is 0. The van der Waals surface area contributed by atoms with Crippen LogP contribution in [0.25, 0.3) is 0 Å². The first kappa shape index (κ1) is 11.2. The Morgan fingerprint density at radius 1 is 1.20 bits per heavy atom. The Morgan fingerprint density at radius 3 is 2.33 bits per heavy atom. The van der Waals surface area contributed by atoms with Crippen LogP contribution in [0, 0.1) is 23.7 Å². The van der Waals surface area contributed by atoms with Crippen molar-refractivity contribution < 1.29 is 4.58 Å². The van der Waals surface area contributed by atoms with E-state index >= 15 is 0 Å². The van der Waals surface area contributed by atoms with Crippen LogP contribution < -0.4 is 0 Å². The molecule has 0 N–H and O–H groups in total. The van der Waals surface area contributed by atoms with Crippen molar-refractivity contribution >= 4 is 5.71 Å². The first-order chi connectivity index (χ1) is 7.06. The molecule has 0 amide bonds. The Bertz CT molecular complexity index is 277. The van der Waals surface area contributed by atoms with Gasteiger partial charge in [0, 0.05) is 25.7 Å². The highest BCUT2D eigenvalue weighted by Gasteiger charge is 2.52. The number of nitrogens with zero attached hydrogens (tertiary/aromatic N) is 1. The molecule has 0 aliphatic heterocycles. The predicted octanol–water partition coefficient (Wildman–Crippen LogP) is 3.18. The fourth-order valence-electron chi connectivity index (χ4n) is 3.88. The second-order valence-electron chi connectivity index (χ2n) is 5.88. The largest absolute Gasteiger partial charge is 0.237 e. The molecular weight excluding hydrogens is 182 g/mol. The van der Waals surface area contributed by atoms with E-state index in [9.17, 15) is 0 Å². The van der Waals surface area contributed by atoms with Crippen LogP contribution in [0.1, 0.15) is 47.0 Å². The van der Waals surface area contributed by atoms with Crippen LogP contribution in [0.3, 0.4) is 0 Å². The molecule has 0 aromatic rings. The molecule has 2 rings (SSSR count). The Hall–Kier alpha value is -0.330. The Morgan fingerprint density at radius 2 is 1.87 bits per heavy atom. The molecule has 0 spiro atoms. The minimum atomic E-state index is 0.848. The molecular formula is C14H26N+. The van der Waals surface area contributed by atoms with Gasteiger partial charge < -0.3 is 0 Å². The van der Waals surface area contributed by atoms with Crippen LogP contribution in [0.5, 0.6) is 0 Å². The molecule has 0 radical (unpaired) electrons. The van der Waals surface area contributed by atoms with Crippen LogP contribution in [0.15, 0.2) is 0 Å². The zero-order valence-electron chi connectivity index (χ0n) is 11.0. The lowest BCUT2D eigenvalue weighted by Crippen LogP contribution is -2.37. The van der Waals surface area contributed by atoms with Crippen LogP contribution in [0.2, 0.25) is 0 Å². The van der Waals surface area contributed by atoms with Gasteiger partial charge in [0.25, 0.3) is 0 Å². The monoisotopic (exact) mass is 208 g/mol. The highest BCUT2D eigenvalue weighted by Crippen LogP contribution is 2.52. The van der Waals surface area contributed by atoms with E-state index in [1.807, 2.05) is 0 Å². The van der Waals surface area contributed by atoms with E-state index in [0.29, 0.717) is 0 Å². The van der Waals surface area contributed by atoms with Gasteiger partial charge in [-0.1, -0.05) is 20.8 Å². The summed E-state index contributed by atoms with van der Waals surface area (Å²) >= 11 is 0. The number of fused-ring (bicyclic) bond motifs is 2. The third kappa shape index (κ3) is 1.64. The summed E-state index contributed by atoms with van der Waals surface area (Å²) in [6, 6.07) is 0.848. The molecule has 86 valence electrons. The summed E-state index contributed by atoms with van der Waals surface area (Å²) < 4.78 is 2.58. The van der Waals surface area contributed by atoms with Crippen molar-refractivity contribution in [3.8, 4) is 0 Å². The van der Waals surface area contributed by atoms with Crippen molar-refractivity contribution in [3.63, 3.8) is 0 Å². The van der Waals surface area contributed by atoms with Gasteiger partial charge in [0.15, 0.2) is 6.04 Å². The fraction of sp³-hybridized carbons (Fsp3) is 0.929. The molecule has 0 saturated heterocycles. The van der Waals surface area contributed by atoms with Crippen LogP contribution in [0.4, 0.5) is 0 Å². The van der Waals surface area contributed by atoms with E-state index in [-0.39, 0.29) is 0 Å². The number of hydrogen-bond donors (Lipinski definition) is 0. The molecule has 2 aliphatic carbocycles. The molecule has 5 atom stereocenters. The van der Waals surface area contributed by atoms with Crippen LogP contribution in [-0.2, 0) is 0 Å². The summed E-state index contributed by atoms with van der Waals surface area (Å²) in [6.07, 6.45) is 4.15. The molecule has 2 aliphatic rings. The number of hydrogen-bond acceptors (Lipinski definition) is 0. The Kier molecular flexibility index (Phi) is 2.92. The maximum atomic E-state index is 2.58. The van der Waals surface area contributed by atoms with Gasteiger partial charge in [-0.3, -0.25) is 0 Å². The lowest BCUT2D eigenvalue weighted by atomic mass is 9.79. The van der Waals surface area contributed by atoms with Gasteiger partial charge in [0.2, 0.25) is 0 Å². The molecule has 2 unspecified atom stereocenters. The molecule has 0 aromatic carbocycles. The van der Waals surface area contributed by atoms with Crippen LogP contribution in [-0.4, -0.2) is 23.4 Å². The van der Waals surface area contributed by atoms with E-state index < -0.39 is 0 Å². The fourth-order valence-corrected chi connectivity index (χ4v) is 3.88. The van der Waals surface area contributed by atoms with Gasteiger partial charge in [-0.15, -0.1) is 0 Å². The molecule has 2 fully saturated rings. The molecule has 2 saturated carbocycles. The summed E-state index contributed by atoms with van der Waals surface area (Å²) in [5.41, 5.74) is 1.56. The van der Waals surface area contributed by atoms with Crippen molar-refractivity contribution in [2.75, 3.05) is 7.05 Å². The molecule has 0 heterocycles. The smallest absolute Gasteiger partial charge is 0.155 e. The normalized spacial score (nSPS) is 45.8. The van der Waals surface area contributed by atoms with Gasteiger partial charge in [0.05, 0.1) is 0 Å². The van der Waals surface area contributed by atoms with E-state index in [0.717, 1.165) is 29.7 Å². The summed E-state index contributed by atoms with van der Waals surface area (Å²) in [6.45, 7) is 9.49. The molecule has 0 aromatic heterocycles. The minimum Gasteiger partial charge on any atom is -0.237 e. The highest BCUT2D eigenvalue weighted by atomic mass is 15.0. The van der Waals surface area contributed by atoms with Crippen molar-refractivity contribution in [2.24, 2.45) is 23.7 Å². The standard InChI is InChI=1S/C14H26N/c1-6-9(2)15(5)14-8-12-7-13(14)11(4)10(12)3/h10-14H,6-8H2,1-5H3/q+1/t10-,11+,12?,13?,14+/m0/s1. The summed E-state index contributed by atoms with van der Waals surface area (Å²) in [5.74, 6) is 3.90.